The van der Waals surface area contributed by atoms with Crippen molar-refractivity contribution >= 4 is 11.6 Å². The fourth-order valence-corrected chi connectivity index (χ4v) is 3.57. The van der Waals surface area contributed by atoms with Gasteiger partial charge in [-0.2, -0.15) is 0 Å². The molecular formula is C20H23N3O. The predicted octanol–water partition coefficient (Wildman–Crippen LogP) is 3.44. The zero-order valence-corrected chi connectivity index (χ0v) is 14.3. The van der Waals surface area contributed by atoms with Gasteiger partial charge < -0.3 is 9.80 Å². The van der Waals surface area contributed by atoms with Crippen LogP contribution in [0.5, 0.6) is 0 Å². The highest BCUT2D eigenvalue weighted by molar-refractivity contribution is 5.94. The topological polar surface area (TPSA) is 36.4 Å². The molecule has 124 valence electrons. The number of benzene rings is 1. The van der Waals surface area contributed by atoms with E-state index in [0.29, 0.717) is 12.5 Å². The Kier molecular flexibility index (Phi) is 3.75. The molecule has 1 aromatic heterocycles. The molecule has 1 aromatic carbocycles. The third kappa shape index (κ3) is 2.77. The van der Waals surface area contributed by atoms with Gasteiger partial charge in [-0.15, -0.1) is 0 Å². The van der Waals surface area contributed by atoms with Crippen LogP contribution in [-0.4, -0.2) is 35.4 Å². The van der Waals surface area contributed by atoms with E-state index in [0.717, 1.165) is 17.8 Å². The van der Waals surface area contributed by atoms with E-state index in [1.807, 2.05) is 23.1 Å². The van der Waals surface area contributed by atoms with E-state index in [1.165, 1.54) is 24.1 Å². The molecule has 1 aliphatic heterocycles. The van der Waals surface area contributed by atoms with Gasteiger partial charge in [0.2, 0.25) is 0 Å². The molecule has 2 aromatic rings. The number of pyridine rings is 1. The average molecular weight is 321 g/mol. The summed E-state index contributed by atoms with van der Waals surface area (Å²) in [6, 6.07) is 12.4. The van der Waals surface area contributed by atoms with Crippen LogP contribution in [0.25, 0.3) is 0 Å². The molecule has 0 unspecified atom stereocenters. The summed E-state index contributed by atoms with van der Waals surface area (Å²) in [6.45, 7) is 3.62. The van der Waals surface area contributed by atoms with Crippen LogP contribution in [0.3, 0.4) is 0 Å². The predicted molar refractivity (Wildman–Crippen MR) is 95.3 cm³/mol. The molecule has 1 saturated carbocycles. The Morgan fingerprint density at radius 3 is 2.79 bits per heavy atom. The number of carbonyl (C=O) groups is 1. The summed E-state index contributed by atoms with van der Waals surface area (Å²) in [7, 11) is 2.10. The number of hydrogen-bond acceptors (Lipinski definition) is 3. The van der Waals surface area contributed by atoms with E-state index >= 15 is 0 Å². The van der Waals surface area contributed by atoms with Gasteiger partial charge in [-0.25, -0.2) is 0 Å². The Labute approximate surface area is 143 Å². The number of likely N-dealkylation sites (N-methyl/N-ethyl adjacent to an activating group) is 1. The maximum atomic E-state index is 13.2. The van der Waals surface area contributed by atoms with E-state index in [9.17, 15) is 4.79 Å². The summed E-state index contributed by atoms with van der Waals surface area (Å²) in [5, 5.41) is 0. The van der Waals surface area contributed by atoms with E-state index < -0.39 is 0 Å². The molecule has 2 aliphatic rings. The molecule has 4 nitrogen and oxygen atoms in total. The minimum Gasteiger partial charge on any atom is -0.372 e. The lowest BCUT2D eigenvalue weighted by Gasteiger charge is -2.28. The highest BCUT2D eigenvalue weighted by Crippen LogP contribution is 2.39. The van der Waals surface area contributed by atoms with Gasteiger partial charge in [0.25, 0.3) is 5.91 Å². The van der Waals surface area contributed by atoms with Gasteiger partial charge in [0.15, 0.2) is 0 Å². The molecule has 0 N–H and O–H groups in total. The number of nitrogens with zero attached hydrogens (tertiary/aromatic N) is 3. The smallest absolute Gasteiger partial charge is 0.254 e. The SMILES string of the molecule is C[C@H]1CN(C)c2ccccc2CN1C(=O)c1ccnc(C2CC2)c1. The largest absolute Gasteiger partial charge is 0.372 e. The summed E-state index contributed by atoms with van der Waals surface area (Å²) in [5.41, 5.74) is 4.25. The van der Waals surface area contributed by atoms with Gasteiger partial charge in [-0.1, -0.05) is 18.2 Å². The minimum atomic E-state index is 0.108. The lowest BCUT2D eigenvalue weighted by molar-refractivity contribution is 0.0687. The fraction of sp³-hybridized carbons (Fsp3) is 0.400. The summed E-state index contributed by atoms with van der Waals surface area (Å²) in [5.74, 6) is 0.670. The number of fused-ring (bicyclic) bond motifs is 1. The summed E-state index contributed by atoms with van der Waals surface area (Å²) < 4.78 is 0. The van der Waals surface area contributed by atoms with E-state index in [1.54, 1.807) is 6.20 Å². The number of anilines is 1. The molecule has 1 amide bonds. The van der Waals surface area contributed by atoms with Crippen molar-refractivity contribution in [3.8, 4) is 0 Å². The van der Waals surface area contributed by atoms with Crippen LogP contribution in [0.2, 0.25) is 0 Å². The molecule has 0 saturated heterocycles. The normalized spacial score (nSPS) is 20.5. The Hall–Kier alpha value is -2.36. The second kappa shape index (κ2) is 5.93. The van der Waals surface area contributed by atoms with Gasteiger partial charge >= 0.3 is 0 Å². The van der Waals surface area contributed by atoms with Crippen LogP contribution < -0.4 is 4.90 Å². The number of hydrogen-bond donors (Lipinski definition) is 0. The Morgan fingerprint density at radius 1 is 1.21 bits per heavy atom. The Morgan fingerprint density at radius 2 is 2.00 bits per heavy atom. The Balaban J connectivity index is 1.65. The highest BCUT2D eigenvalue weighted by Gasteiger charge is 2.29. The van der Waals surface area contributed by atoms with Gasteiger partial charge in [0, 0.05) is 55.2 Å². The van der Waals surface area contributed by atoms with Gasteiger partial charge in [-0.05, 0) is 43.5 Å². The molecule has 4 rings (SSSR count). The monoisotopic (exact) mass is 321 g/mol. The van der Waals surface area contributed by atoms with Crippen molar-refractivity contribution in [2.75, 3.05) is 18.5 Å². The molecule has 0 bridgehead atoms. The molecular weight excluding hydrogens is 298 g/mol. The first-order valence-corrected chi connectivity index (χ1v) is 8.69. The Bertz CT molecular complexity index is 769. The molecule has 2 heterocycles. The van der Waals surface area contributed by atoms with Crippen LogP contribution in [-0.2, 0) is 6.54 Å². The fourth-order valence-electron chi connectivity index (χ4n) is 3.57. The first-order chi connectivity index (χ1) is 11.6. The molecule has 0 spiro atoms. The summed E-state index contributed by atoms with van der Waals surface area (Å²) in [4.78, 5) is 21.8. The van der Waals surface area contributed by atoms with E-state index in [-0.39, 0.29) is 11.9 Å². The van der Waals surface area contributed by atoms with Crippen molar-refractivity contribution in [2.24, 2.45) is 0 Å². The summed E-state index contributed by atoms with van der Waals surface area (Å²) in [6.07, 6.45) is 4.18. The first kappa shape index (κ1) is 15.2. The number of para-hydroxylation sites is 1. The quantitative estimate of drug-likeness (QED) is 0.850. The summed E-state index contributed by atoms with van der Waals surface area (Å²) >= 11 is 0. The number of carbonyl (C=O) groups excluding carboxylic acids is 1. The molecule has 1 fully saturated rings. The lowest BCUT2D eigenvalue weighted by atomic mass is 10.1. The maximum Gasteiger partial charge on any atom is 0.254 e. The maximum absolute atomic E-state index is 13.2. The number of aromatic nitrogens is 1. The molecule has 1 aliphatic carbocycles. The molecule has 24 heavy (non-hydrogen) atoms. The third-order valence-electron chi connectivity index (χ3n) is 5.10. The minimum absolute atomic E-state index is 0.108. The standard InChI is InChI=1S/C20H23N3O/c1-14-12-22(2)19-6-4-3-5-17(19)13-23(14)20(24)16-9-10-21-18(11-16)15-7-8-15/h3-6,9-11,14-15H,7-8,12-13H2,1-2H3/t14-/m0/s1. The van der Waals surface area contributed by atoms with Crippen LogP contribution in [0, 0.1) is 0 Å². The zero-order chi connectivity index (χ0) is 16.7. The van der Waals surface area contributed by atoms with Crippen molar-refractivity contribution in [3.63, 3.8) is 0 Å². The zero-order valence-electron chi connectivity index (χ0n) is 14.3. The van der Waals surface area contributed by atoms with E-state index in [2.05, 4.69) is 42.1 Å². The lowest BCUT2D eigenvalue weighted by Crippen LogP contribution is -2.41. The van der Waals surface area contributed by atoms with Gasteiger partial charge in [0.1, 0.15) is 0 Å². The second-order valence-corrected chi connectivity index (χ2v) is 7.03. The number of rotatable bonds is 2. The van der Waals surface area contributed by atoms with Crippen LogP contribution in [0.15, 0.2) is 42.6 Å². The van der Waals surface area contributed by atoms with Crippen molar-refractivity contribution < 1.29 is 4.79 Å². The third-order valence-corrected chi connectivity index (χ3v) is 5.10. The first-order valence-electron chi connectivity index (χ1n) is 8.69. The van der Waals surface area contributed by atoms with Crippen LogP contribution in [0.1, 0.15) is 47.3 Å². The van der Waals surface area contributed by atoms with Gasteiger partial charge in [0.05, 0.1) is 0 Å². The van der Waals surface area contributed by atoms with E-state index in [4.69, 9.17) is 0 Å². The van der Waals surface area contributed by atoms with Crippen molar-refractivity contribution in [3.05, 3.63) is 59.4 Å². The molecule has 4 heteroatoms. The highest BCUT2D eigenvalue weighted by atomic mass is 16.2. The van der Waals surface area contributed by atoms with Crippen LogP contribution >= 0.6 is 0 Å². The van der Waals surface area contributed by atoms with Crippen molar-refractivity contribution in [2.45, 2.75) is 38.3 Å². The second-order valence-electron chi connectivity index (χ2n) is 7.03. The number of amides is 1. The van der Waals surface area contributed by atoms with Crippen LogP contribution in [0.4, 0.5) is 5.69 Å². The molecule has 0 radical (unpaired) electrons. The average Bonchev–Trinajstić information content (AvgIpc) is 3.44. The van der Waals surface area contributed by atoms with Crippen molar-refractivity contribution in [1.82, 2.24) is 9.88 Å². The molecule has 1 atom stereocenters. The van der Waals surface area contributed by atoms with Crippen molar-refractivity contribution in [1.29, 1.82) is 0 Å². The van der Waals surface area contributed by atoms with Gasteiger partial charge in [-0.3, -0.25) is 9.78 Å².